The van der Waals surface area contributed by atoms with Crippen LogP contribution in [0.3, 0.4) is 0 Å². The molecule has 0 aliphatic heterocycles. The highest BCUT2D eigenvalue weighted by Crippen LogP contribution is 2.28. The Morgan fingerprint density at radius 3 is 2.79 bits per heavy atom. The Kier molecular flexibility index (Phi) is 3.10. The fourth-order valence-electron chi connectivity index (χ4n) is 0.940. The smallest absolute Gasteiger partial charge is 0.339 e. The number of esters is 1. The summed E-state index contributed by atoms with van der Waals surface area (Å²) in [6.07, 6.45) is 0. The van der Waals surface area contributed by atoms with Gasteiger partial charge in [0.15, 0.2) is 0 Å². The molecule has 0 unspecified atom stereocenters. The first-order chi connectivity index (χ1) is 6.61. The zero-order valence-corrected chi connectivity index (χ0v) is 8.83. The molecule has 0 heterocycles. The largest absolute Gasteiger partial charge is 0.507 e. The van der Waals surface area contributed by atoms with E-state index in [0.717, 1.165) is 0 Å². The lowest BCUT2D eigenvalue weighted by Gasteiger charge is -2.04. The van der Waals surface area contributed by atoms with Crippen LogP contribution in [0.15, 0.2) is 16.6 Å². The Bertz CT molecular complexity index is 423. The minimum absolute atomic E-state index is 0.0212. The van der Waals surface area contributed by atoms with E-state index in [1.165, 1.54) is 19.2 Å². The third-order valence-electron chi connectivity index (χ3n) is 1.64. The average Bonchev–Trinajstić information content (AvgIpc) is 2.18. The first-order valence-corrected chi connectivity index (χ1v) is 4.41. The van der Waals surface area contributed by atoms with Crippen LogP contribution < -0.4 is 0 Å². The zero-order valence-electron chi connectivity index (χ0n) is 7.24. The molecule has 0 fully saturated rings. The molecule has 72 valence electrons. The van der Waals surface area contributed by atoms with E-state index >= 15 is 0 Å². The molecule has 0 saturated carbocycles. The number of halogens is 1. The molecule has 0 spiro atoms. The van der Waals surface area contributed by atoms with Crippen LogP contribution in [0.1, 0.15) is 15.9 Å². The second-order valence-electron chi connectivity index (χ2n) is 2.42. The van der Waals surface area contributed by atoms with Crippen molar-refractivity contribution >= 4 is 21.9 Å². The Morgan fingerprint density at radius 2 is 2.29 bits per heavy atom. The van der Waals surface area contributed by atoms with E-state index in [-0.39, 0.29) is 21.3 Å². The van der Waals surface area contributed by atoms with Crippen molar-refractivity contribution in [1.82, 2.24) is 0 Å². The van der Waals surface area contributed by atoms with Gasteiger partial charge < -0.3 is 9.84 Å². The van der Waals surface area contributed by atoms with Crippen molar-refractivity contribution in [2.24, 2.45) is 0 Å². The van der Waals surface area contributed by atoms with Crippen molar-refractivity contribution < 1.29 is 14.6 Å². The van der Waals surface area contributed by atoms with E-state index in [1.807, 2.05) is 0 Å². The lowest BCUT2D eigenvalue weighted by molar-refractivity contribution is 0.0599. The van der Waals surface area contributed by atoms with Crippen LogP contribution in [0.2, 0.25) is 0 Å². The molecular formula is C9H6BrNO3. The lowest BCUT2D eigenvalue weighted by atomic mass is 10.1. The number of methoxy groups -OCH3 is 1. The van der Waals surface area contributed by atoms with Crippen LogP contribution in [-0.4, -0.2) is 18.2 Å². The van der Waals surface area contributed by atoms with E-state index in [2.05, 4.69) is 20.7 Å². The molecule has 0 aliphatic rings. The predicted molar refractivity (Wildman–Crippen MR) is 51.9 cm³/mol. The van der Waals surface area contributed by atoms with Gasteiger partial charge in [0, 0.05) is 0 Å². The van der Waals surface area contributed by atoms with Gasteiger partial charge in [0.05, 0.1) is 17.1 Å². The van der Waals surface area contributed by atoms with Crippen molar-refractivity contribution in [3.63, 3.8) is 0 Å². The normalized spacial score (nSPS) is 9.21. The van der Waals surface area contributed by atoms with Gasteiger partial charge in [-0.1, -0.05) is 0 Å². The molecule has 0 amide bonds. The van der Waals surface area contributed by atoms with Gasteiger partial charge in [0.2, 0.25) is 0 Å². The molecular weight excluding hydrogens is 250 g/mol. The molecule has 0 saturated heterocycles. The van der Waals surface area contributed by atoms with Crippen molar-refractivity contribution in [2.45, 2.75) is 0 Å². The standard InChI is InChI=1S/C9H6BrNO3/c1-14-9(13)5-2-3-7(12)6(4-11)8(5)10/h2-3,12H,1H3. The summed E-state index contributed by atoms with van der Waals surface area (Å²) in [5.74, 6) is -0.736. The van der Waals surface area contributed by atoms with E-state index in [4.69, 9.17) is 5.26 Å². The third kappa shape index (κ3) is 1.70. The van der Waals surface area contributed by atoms with Crippen LogP contribution in [0.5, 0.6) is 5.75 Å². The fourth-order valence-corrected chi connectivity index (χ4v) is 1.53. The molecule has 0 radical (unpaired) electrons. The zero-order chi connectivity index (χ0) is 10.7. The Morgan fingerprint density at radius 1 is 1.64 bits per heavy atom. The van der Waals surface area contributed by atoms with E-state index in [1.54, 1.807) is 6.07 Å². The van der Waals surface area contributed by atoms with Gasteiger partial charge in [0.1, 0.15) is 17.4 Å². The highest BCUT2D eigenvalue weighted by molar-refractivity contribution is 9.10. The molecule has 1 aromatic carbocycles. The number of carbonyl (C=O) groups is 1. The highest BCUT2D eigenvalue weighted by atomic mass is 79.9. The van der Waals surface area contributed by atoms with Crippen LogP contribution in [0.25, 0.3) is 0 Å². The molecule has 0 aromatic heterocycles. The van der Waals surface area contributed by atoms with Gasteiger partial charge in [-0.2, -0.15) is 5.26 Å². The molecule has 1 aromatic rings. The minimum atomic E-state index is -0.562. The lowest BCUT2D eigenvalue weighted by Crippen LogP contribution is -2.03. The predicted octanol–water partition coefficient (Wildman–Crippen LogP) is 1.81. The second-order valence-corrected chi connectivity index (χ2v) is 3.22. The number of rotatable bonds is 1. The molecule has 0 atom stereocenters. The number of aromatic hydroxyl groups is 1. The summed E-state index contributed by atoms with van der Waals surface area (Å²) >= 11 is 3.05. The van der Waals surface area contributed by atoms with Crippen LogP contribution >= 0.6 is 15.9 Å². The maximum absolute atomic E-state index is 11.2. The average molecular weight is 256 g/mol. The number of nitriles is 1. The van der Waals surface area contributed by atoms with Crippen molar-refractivity contribution in [1.29, 1.82) is 5.26 Å². The number of phenols is 1. The topological polar surface area (TPSA) is 70.3 Å². The van der Waals surface area contributed by atoms with Crippen molar-refractivity contribution in [2.75, 3.05) is 7.11 Å². The maximum Gasteiger partial charge on any atom is 0.339 e. The number of carbonyl (C=O) groups excluding carboxylic acids is 1. The Hall–Kier alpha value is -1.54. The van der Waals surface area contributed by atoms with Gasteiger partial charge in [-0.05, 0) is 28.1 Å². The SMILES string of the molecule is COC(=O)c1ccc(O)c(C#N)c1Br. The first kappa shape index (κ1) is 10.5. The molecule has 14 heavy (non-hydrogen) atoms. The number of nitrogens with zero attached hydrogens (tertiary/aromatic N) is 1. The Balaban J connectivity index is 3.37. The summed E-state index contributed by atoms with van der Waals surface area (Å²) in [7, 11) is 1.24. The quantitative estimate of drug-likeness (QED) is 0.778. The third-order valence-corrected chi connectivity index (χ3v) is 2.46. The van der Waals surface area contributed by atoms with Gasteiger partial charge >= 0.3 is 5.97 Å². The van der Waals surface area contributed by atoms with Gasteiger partial charge in [-0.3, -0.25) is 0 Å². The first-order valence-electron chi connectivity index (χ1n) is 3.61. The van der Waals surface area contributed by atoms with Crippen LogP contribution in [-0.2, 0) is 4.74 Å². The van der Waals surface area contributed by atoms with Gasteiger partial charge in [-0.15, -0.1) is 0 Å². The second kappa shape index (κ2) is 4.11. The molecule has 1 rings (SSSR count). The molecule has 0 bridgehead atoms. The highest BCUT2D eigenvalue weighted by Gasteiger charge is 2.16. The summed E-state index contributed by atoms with van der Waals surface area (Å²) in [6, 6.07) is 4.43. The number of ether oxygens (including phenoxy) is 1. The molecule has 5 heteroatoms. The molecule has 1 N–H and O–H groups in total. The fraction of sp³-hybridized carbons (Fsp3) is 0.111. The Labute approximate surface area is 88.9 Å². The summed E-state index contributed by atoms with van der Waals surface area (Å²) in [5, 5.41) is 18.0. The molecule has 4 nitrogen and oxygen atoms in total. The van der Waals surface area contributed by atoms with Crippen LogP contribution in [0.4, 0.5) is 0 Å². The summed E-state index contributed by atoms with van der Waals surface area (Å²) in [5.41, 5.74) is 0.231. The van der Waals surface area contributed by atoms with Crippen molar-refractivity contribution in [3.8, 4) is 11.8 Å². The summed E-state index contributed by atoms with van der Waals surface area (Å²) in [6.45, 7) is 0. The number of hydrogen-bond donors (Lipinski definition) is 1. The summed E-state index contributed by atoms with van der Waals surface area (Å²) < 4.78 is 4.74. The van der Waals surface area contributed by atoms with Crippen LogP contribution in [0, 0.1) is 11.3 Å². The van der Waals surface area contributed by atoms with Crippen molar-refractivity contribution in [3.05, 3.63) is 27.7 Å². The maximum atomic E-state index is 11.2. The van der Waals surface area contributed by atoms with Gasteiger partial charge in [-0.25, -0.2) is 4.79 Å². The van der Waals surface area contributed by atoms with E-state index < -0.39 is 5.97 Å². The minimum Gasteiger partial charge on any atom is -0.507 e. The van der Waals surface area contributed by atoms with Gasteiger partial charge in [0.25, 0.3) is 0 Å². The summed E-state index contributed by atoms with van der Waals surface area (Å²) in [4.78, 5) is 11.2. The molecule has 0 aliphatic carbocycles. The monoisotopic (exact) mass is 255 g/mol. The van der Waals surface area contributed by atoms with E-state index in [9.17, 15) is 9.90 Å². The number of phenolic OH excluding ortho intramolecular Hbond substituents is 1. The number of hydrogen-bond acceptors (Lipinski definition) is 4. The van der Waals surface area contributed by atoms with E-state index in [0.29, 0.717) is 0 Å². The number of benzene rings is 1.